The summed E-state index contributed by atoms with van der Waals surface area (Å²) in [7, 11) is 0. The molecule has 0 aromatic carbocycles. The Kier molecular flexibility index (Phi) is 6.14. The van der Waals surface area contributed by atoms with Crippen molar-refractivity contribution in [2.45, 2.75) is 83.8 Å². The highest BCUT2D eigenvalue weighted by atomic mass is 17.3. The molecule has 0 bridgehead atoms. The molecule has 0 aromatic heterocycles. The second-order valence-corrected chi connectivity index (χ2v) is 4.93. The molecule has 0 radical (unpaired) electrons. The first-order valence-corrected chi connectivity index (χ1v) is 7.09. The van der Waals surface area contributed by atoms with E-state index in [2.05, 4.69) is 13.8 Å². The summed E-state index contributed by atoms with van der Waals surface area (Å²) in [5, 5.41) is 0. The Labute approximate surface area is 105 Å². The summed E-state index contributed by atoms with van der Waals surface area (Å²) < 4.78 is 0. The van der Waals surface area contributed by atoms with Crippen molar-refractivity contribution in [3.8, 4) is 0 Å². The van der Waals surface area contributed by atoms with Gasteiger partial charge in [0.25, 0.3) is 0 Å². The van der Waals surface area contributed by atoms with Crippen LogP contribution < -0.4 is 0 Å². The van der Waals surface area contributed by atoms with Crippen LogP contribution in [0.15, 0.2) is 0 Å². The lowest BCUT2D eigenvalue weighted by atomic mass is 9.83. The van der Waals surface area contributed by atoms with E-state index >= 15 is 0 Å². The number of hydrogen-bond acceptors (Lipinski definition) is 3. The minimum Gasteiger partial charge on any atom is -0.296 e. The van der Waals surface area contributed by atoms with Crippen LogP contribution in [-0.4, -0.2) is 17.5 Å². The zero-order valence-corrected chi connectivity index (χ0v) is 11.5. The molecule has 0 aliphatic carbocycles. The number of rotatable bonds is 9. The quantitative estimate of drug-likeness (QED) is 0.455. The van der Waals surface area contributed by atoms with Gasteiger partial charge in [0.2, 0.25) is 0 Å². The highest BCUT2D eigenvalue weighted by molar-refractivity contribution is 5.88. The van der Waals surface area contributed by atoms with E-state index in [-0.39, 0.29) is 11.9 Å². The van der Waals surface area contributed by atoms with E-state index < -0.39 is 5.60 Å². The maximum Gasteiger partial charge on any atom is 0.190 e. The molecule has 1 aliphatic rings. The normalized spacial score (nSPS) is 27.8. The number of ketones is 1. The molecule has 1 rings (SSSR count). The van der Waals surface area contributed by atoms with Crippen molar-refractivity contribution in [1.82, 2.24) is 0 Å². The van der Waals surface area contributed by atoms with Gasteiger partial charge in [0.15, 0.2) is 11.4 Å². The zero-order valence-electron chi connectivity index (χ0n) is 11.5. The number of carbonyl (C=O) groups is 1. The summed E-state index contributed by atoms with van der Waals surface area (Å²) in [6.07, 6.45) is 7.82. The van der Waals surface area contributed by atoms with Gasteiger partial charge in [-0.15, -0.1) is 0 Å². The van der Waals surface area contributed by atoms with Gasteiger partial charge >= 0.3 is 0 Å². The molecule has 2 atom stereocenters. The SMILES string of the molecule is CCCCCCC(=O)C1(CC)OOC1CCC. The minimum atomic E-state index is -0.623. The Balaban J connectivity index is 2.41. The van der Waals surface area contributed by atoms with E-state index in [0.29, 0.717) is 6.42 Å². The lowest BCUT2D eigenvalue weighted by Crippen LogP contribution is -2.61. The summed E-state index contributed by atoms with van der Waals surface area (Å²) in [5.41, 5.74) is -0.623. The van der Waals surface area contributed by atoms with Gasteiger partial charge in [-0.05, 0) is 19.3 Å². The first-order valence-electron chi connectivity index (χ1n) is 7.09. The van der Waals surface area contributed by atoms with Crippen LogP contribution in [-0.2, 0) is 14.6 Å². The summed E-state index contributed by atoms with van der Waals surface area (Å²) in [5.74, 6) is 0.237. The van der Waals surface area contributed by atoms with Crippen molar-refractivity contribution in [3.63, 3.8) is 0 Å². The molecule has 1 saturated heterocycles. The third-order valence-corrected chi connectivity index (χ3v) is 3.64. The van der Waals surface area contributed by atoms with Crippen molar-refractivity contribution >= 4 is 5.78 Å². The predicted molar refractivity (Wildman–Crippen MR) is 67.7 cm³/mol. The maximum absolute atomic E-state index is 12.2. The molecule has 0 amide bonds. The Morgan fingerprint density at radius 1 is 1.12 bits per heavy atom. The molecule has 0 aromatic rings. The monoisotopic (exact) mass is 242 g/mol. The molecule has 17 heavy (non-hydrogen) atoms. The van der Waals surface area contributed by atoms with Crippen LogP contribution in [0.2, 0.25) is 0 Å². The number of carbonyl (C=O) groups excluding carboxylic acids is 1. The smallest absolute Gasteiger partial charge is 0.190 e. The third kappa shape index (κ3) is 3.29. The van der Waals surface area contributed by atoms with Crippen molar-refractivity contribution < 1.29 is 14.6 Å². The van der Waals surface area contributed by atoms with Crippen LogP contribution in [0.5, 0.6) is 0 Å². The fourth-order valence-electron chi connectivity index (χ4n) is 2.41. The second kappa shape index (κ2) is 7.12. The van der Waals surface area contributed by atoms with Gasteiger partial charge in [0.1, 0.15) is 6.10 Å². The molecule has 2 unspecified atom stereocenters. The van der Waals surface area contributed by atoms with E-state index in [1.165, 1.54) is 12.8 Å². The van der Waals surface area contributed by atoms with E-state index in [1.807, 2.05) is 6.92 Å². The first kappa shape index (κ1) is 14.7. The average Bonchev–Trinajstić information content (AvgIpc) is 2.31. The molecule has 100 valence electrons. The van der Waals surface area contributed by atoms with Gasteiger partial charge in [0.05, 0.1) is 0 Å². The van der Waals surface area contributed by atoms with E-state index in [1.54, 1.807) is 0 Å². The second-order valence-electron chi connectivity index (χ2n) is 4.93. The van der Waals surface area contributed by atoms with Crippen molar-refractivity contribution in [2.75, 3.05) is 0 Å². The fraction of sp³-hybridized carbons (Fsp3) is 0.929. The summed E-state index contributed by atoms with van der Waals surface area (Å²) in [6, 6.07) is 0. The molecular formula is C14H26O3. The summed E-state index contributed by atoms with van der Waals surface area (Å²) in [6.45, 7) is 6.29. The van der Waals surface area contributed by atoms with Crippen LogP contribution in [0.3, 0.4) is 0 Å². The van der Waals surface area contributed by atoms with Crippen LogP contribution in [0.4, 0.5) is 0 Å². The largest absolute Gasteiger partial charge is 0.296 e. The number of Topliss-reactive ketones (excluding diaryl/α,β-unsaturated/α-hetero) is 1. The lowest BCUT2D eigenvalue weighted by molar-refractivity contribution is -0.494. The Bertz CT molecular complexity index is 236. The van der Waals surface area contributed by atoms with Crippen molar-refractivity contribution in [3.05, 3.63) is 0 Å². The molecule has 0 saturated carbocycles. The molecule has 1 heterocycles. The third-order valence-electron chi connectivity index (χ3n) is 3.64. The zero-order chi connectivity index (χ0) is 12.7. The number of hydrogen-bond donors (Lipinski definition) is 0. The Morgan fingerprint density at radius 3 is 2.35 bits per heavy atom. The van der Waals surface area contributed by atoms with Gasteiger partial charge in [-0.25, -0.2) is 9.78 Å². The molecule has 1 aliphatic heterocycles. The maximum atomic E-state index is 12.2. The average molecular weight is 242 g/mol. The topological polar surface area (TPSA) is 35.5 Å². The van der Waals surface area contributed by atoms with Gasteiger partial charge < -0.3 is 0 Å². The van der Waals surface area contributed by atoms with E-state index in [4.69, 9.17) is 9.78 Å². The summed E-state index contributed by atoms with van der Waals surface area (Å²) in [4.78, 5) is 22.5. The van der Waals surface area contributed by atoms with Gasteiger partial charge in [-0.3, -0.25) is 4.79 Å². The molecule has 1 fully saturated rings. The van der Waals surface area contributed by atoms with Gasteiger partial charge in [-0.1, -0.05) is 46.5 Å². The Hall–Kier alpha value is -0.410. The summed E-state index contributed by atoms with van der Waals surface area (Å²) >= 11 is 0. The van der Waals surface area contributed by atoms with Gasteiger partial charge in [-0.2, -0.15) is 0 Å². The van der Waals surface area contributed by atoms with E-state index in [9.17, 15) is 4.79 Å². The van der Waals surface area contributed by atoms with Crippen LogP contribution in [0, 0.1) is 0 Å². The molecular weight excluding hydrogens is 216 g/mol. The van der Waals surface area contributed by atoms with Crippen LogP contribution in [0.25, 0.3) is 0 Å². The standard InChI is InChI=1S/C14H26O3/c1-4-7-8-9-11-12(15)14(6-3)13(10-5-2)16-17-14/h13H,4-11H2,1-3H3. The highest BCUT2D eigenvalue weighted by Crippen LogP contribution is 2.38. The molecule has 3 nitrogen and oxygen atoms in total. The Morgan fingerprint density at radius 2 is 1.88 bits per heavy atom. The van der Waals surface area contributed by atoms with Gasteiger partial charge in [0, 0.05) is 6.42 Å². The first-order chi connectivity index (χ1) is 8.21. The van der Waals surface area contributed by atoms with Crippen LogP contribution >= 0.6 is 0 Å². The minimum absolute atomic E-state index is 0.0174. The van der Waals surface area contributed by atoms with Crippen molar-refractivity contribution in [1.29, 1.82) is 0 Å². The lowest BCUT2D eigenvalue weighted by Gasteiger charge is -2.45. The molecule has 0 N–H and O–H groups in total. The number of unbranched alkanes of at least 4 members (excludes halogenated alkanes) is 3. The fourth-order valence-corrected chi connectivity index (χ4v) is 2.41. The predicted octanol–water partition coefficient (Wildman–Crippen LogP) is 3.81. The molecule has 3 heteroatoms. The van der Waals surface area contributed by atoms with Crippen molar-refractivity contribution in [2.24, 2.45) is 0 Å². The molecule has 0 spiro atoms. The van der Waals surface area contributed by atoms with Crippen LogP contribution in [0.1, 0.15) is 72.1 Å². The highest BCUT2D eigenvalue weighted by Gasteiger charge is 2.54. The van der Waals surface area contributed by atoms with E-state index in [0.717, 1.165) is 32.1 Å².